The maximum atomic E-state index is 11.9. The predicted octanol–water partition coefficient (Wildman–Crippen LogP) is 1.93. The first-order valence-corrected chi connectivity index (χ1v) is 6.07. The summed E-state index contributed by atoms with van der Waals surface area (Å²) in [5.74, 6) is 0.195. The fourth-order valence-electron chi connectivity index (χ4n) is 2.08. The summed E-state index contributed by atoms with van der Waals surface area (Å²) in [5.41, 5.74) is 6.20. The average Bonchev–Trinajstić information content (AvgIpc) is 2.16. The van der Waals surface area contributed by atoms with Crippen LogP contribution in [-0.4, -0.2) is 29.9 Å². The second-order valence-corrected chi connectivity index (χ2v) is 5.83. The van der Waals surface area contributed by atoms with E-state index in [4.69, 9.17) is 5.73 Å². The number of hydrogen-bond acceptors (Lipinski definition) is 2. The molecule has 0 aliphatic carbocycles. The van der Waals surface area contributed by atoms with Gasteiger partial charge >= 0.3 is 0 Å². The quantitative estimate of drug-likeness (QED) is 0.745. The second-order valence-electron chi connectivity index (χ2n) is 5.83. The first-order valence-electron chi connectivity index (χ1n) is 6.07. The standard InChI is InChI=1S/C13H24N2O/c1-13(2,3)10-11(14)9-12(16)15-7-5-4-6-8-15/h4-5,11H,6-10,14H2,1-3H3. The fourth-order valence-corrected chi connectivity index (χ4v) is 2.08. The summed E-state index contributed by atoms with van der Waals surface area (Å²) < 4.78 is 0. The van der Waals surface area contributed by atoms with Crippen LogP contribution in [0.1, 0.15) is 40.0 Å². The molecule has 1 amide bonds. The van der Waals surface area contributed by atoms with Crippen LogP contribution in [0.25, 0.3) is 0 Å². The first-order chi connectivity index (χ1) is 7.38. The van der Waals surface area contributed by atoms with Crippen LogP contribution in [0.15, 0.2) is 12.2 Å². The summed E-state index contributed by atoms with van der Waals surface area (Å²) >= 11 is 0. The summed E-state index contributed by atoms with van der Waals surface area (Å²) in [4.78, 5) is 13.8. The van der Waals surface area contributed by atoms with Crippen molar-refractivity contribution in [2.24, 2.45) is 11.1 Å². The van der Waals surface area contributed by atoms with Crippen molar-refractivity contribution in [2.75, 3.05) is 13.1 Å². The summed E-state index contributed by atoms with van der Waals surface area (Å²) in [6.07, 6.45) is 6.52. The van der Waals surface area contributed by atoms with Crippen LogP contribution >= 0.6 is 0 Å². The Balaban J connectivity index is 2.36. The lowest BCUT2D eigenvalue weighted by molar-refractivity contribution is -0.131. The number of nitrogens with two attached hydrogens (primary N) is 1. The lowest BCUT2D eigenvalue weighted by Crippen LogP contribution is -2.38. The topological polar surface area (TPSA) is 46.3 Å². The molecular formula is C13H24N2O. The zero-order valence-corrected chi connectivity index (χ0v) is 10.7. The molecule has 1 aliphatic rings. The largest absolute Gasteiger partial charge is 0.339 e. The normalized spacial score (nSPS) is 18.6. The SMILES string of the molecule is CC(C)(C)CC(N)CC(=O)N1CC=CCC1. The molecule has 1 atom stereocenters. The molecule has 3 nitrogen and oxygen atoms in total. The van der Waals surface area contributed by atoms with E-state index in [0.717, 1.165) is 25.9 Å². The molecule has 2 N–H and O–H groups in total. The van der Waals surface area contributed by atoms with E-state index < -0.39 is 0 Å². The summed E-state index contributed by atoms with van der Waals surface area (Å²) in [7, 11) is 0. The zero-order chi connectivity index (χ0) is 12.2. The van der Waals surface area contributed by atoms with Crippen LogP contribution in [0.3, 0.4) is 0 Å². The second kappa shape index (κ2) is 5.48. The molecule has 0 aromatic carbocycles. The van der Waals surface area contributed by atoms with E-state index >= 15 is 0 Å². The van der Waals surface area contributed by atoms with Crippen LogP contribution in [0.5, 0.6) is 0 Å². The summed E-state index contributed by atoms with van der Waals surface area (Å²) in [5, 5.41) is 0. The molecule has 0 aromatic rings. The minimum Gasteiger partial charge on any atom is -0.339 e. The average molecular weight is 224 g/mol. The molecule has 1 rings (SSSR count). The van der Waals surface area contributed by atoms with Gasteiger partial charge in [0.05, 0.1) is 0 Å². The minimum atomic E-state index is -0.0154. The van der Waals surface area contributed by atoms with Crippen LogP contribution in [0, 0.1) is 5.41 Å². The first kappa shape index (κ1) is 13.2. The fraction of sp³-hybridized carbons (Fsp3) is 0.769. The Morgan fingerprint density at radius 3 is 2.62 bits per heavy atom. The number of amides is 1. The van der Waals surface area contributed by atoms with Crippen LogP contribution in [0.2, 0.25) is 0 Å². The molecule has 0 aromatic heterocycles. The Hall–Kier alpha value is -0.830. The summed E-state index contributed by atoms with van der Waals surface area (Å²) in [6, 6.07) is -0.0154. The van der Waals surface area contributed by atoms with Crippen LogP contribution in [0.4, 0.5) is 0 Å². The lowest BCUT2D eigenvalue weighted by Gasteiger charge is -2.27. The maximum absolute atomic E-state index is 11.9. The van der Waals surface area contributed by atoms with Gasteiger partial charge < -0.3 is 10.6 Å². The highest BCUT2D eigenvalue weighted by Gasteiger charge is 2.21. The molecule has 1 heterocycles. The van der Waals surface area contributed by atoms with Crippen molar-refractivity contribution in [1.82, 2.24) is 4.90 Å². The van der Waals surface area contributed by atoms with Gasteiger partial charge in [-0.05, 0) is 18.3 Å². The van der Waals surface area contributed by atoms with Gasteiger partial charge in [-0.15, -0.1) is 0 Å². The minimum absolute atomic E-state index is 0.0154. The van der Waals surface area contributed by atoms with Crippen molar-refractivity contribution < 1.29 is 4.79 Å². The van der Waals surface area contributed by atoms with E-state index in [1.165, 1.54) is 0 Å². The van der Waals surface area contributed by atoms with Gasteiger partial charge in [-0.25, -0.2) is 0 Å². The van der Waals surface area contributed by atoms with E-state index in [1.54, 1.807) is 0 Å². The number of rotatable bonds is 3. The third kappa shape index (κ3) is 4.79. The van der Waals surface area contributed by atoms with Crippen LogP contribution < -0.4 is 5.73 Å². The number of carbonyl (C=O) groups is 1. The molecule has 1 aliphatic heterocycles. The molecule has 1 unspecified atom stereocenters. The van der Waals surface area contributed by atoms with Gasteiger partial charge in [-0.3, -0.25) is 4.79 Å². The highest BCUT2D eigenvalue weighted by atomic mass is 16.2. The Bertz CT molecular complexity index is 266. The Labute approximate surface area is 98.7 Å². The van der Waals surface area contributed by atoms with Crippen molar-refractivity contribution in [3.05, 3.63) is 12.2 Å². The molecule has 0 fully saturated rings. The number of hydrogen-bond donors (Lipinski definition) is 1. The maximum Gasteiger partial charge on any atom is 0.224 e. The predicted molar refractivity (Wildman–Crippen MR) is 67.0 cm³/mol. The monoisotopic (exact) mass is 224 g/mol. The van der Waals surface area contributed by atoms with E-state index in [9.17, 15) is 4.79 Å². The third-order valence-electron chi connectivity index (χ3n) is 2.72. The van der Waals surface area contributed by atoms with Gasteiger partial charge in [-0.1, -0.05) is 32.9 Å². The van der Waals surface area contributed by atoms with Gasteiger partial charge in [0.1, 0.15) is 0 Å². The van der Waals surface area contributed by atoms with Crippen molar-refractivity contribution >= 4 is 5.91 Å². The Morgan fingerprint density at radius 1 is 1.44 bits per heavy atom. The van der Waals surface area contributed by atoms with Gasteiger partial charge in [0.25, 0.3) is 0 Å². The zero-order valence-electron chi connectivity index (χ0n) is 10.7. The van der Waals surface area contributed by atoms with Crippen LogP contribution in [-0.2, 0) is 4.79 Å². The van der Waals surface area contributed by atoms with Crippen molar-refractivity contribution in [2.45, 2.75) is 46.1 Å². The Morgan fingerprint density at radius 2 is 2.12 bits per heavy atom. The molecule has 0 spiro atoms. The van der Waals surface area contributed by atoms with Crippen molar-refractivity contribution in [3.8, 4) is 0 Å². The third-order valence-corrected chi connectivity index (χ3v) is 2.72. The molecule has 3 heteroatoms. The molecule has 0 saturated carbocycles. The highest BCUT2D eigenvalue weighted by molar-refractivity contribution is 5.77. The smallest absolute Gasteiger partial charge is 0.224 e. The van der Waals surface area contributed by atoms with Gasteiger partial charge in [0.2, 0.25) is 5.91 Å². The lowest BCUT2D eigenvalue weighted by atomic mass is 9.87. The van der Waals surface area contributed by atoms with E-state index in [2.05, 4.69) is 32.9 Å². The van der Waals surface area contributed by atoms with Crippen molar-refractivity contribution in [3.63, 3.8) is 0 Å². The molecule has 0 bridgehead atoms. The molecular weight excluding hydrogens is 200 g/mol. The van der Waals surface area contributed by atoms with E-state index in [-0.39, 0.29) is 17.4 Å². The molecule has 0 radical (unpaired) electrons. The molecule has 16 heavy (non-hydrogen) atoms. The van der Waals surface area contributed by atoms with Gasteiger partial charge in [-0.2, -0.15) is 0 Å². The van der Waals surface area contributed by atoms with Crippen molar-refractivity contribution in [1.29, 1.82) is 0 Å². The van der Waals surface area contributed by atoms with E-state index in [0.29, 0.717) is 6.42 Å². The molecule has 92 valence electrons. The highest BCUT2D eigenvalue weighted by Crippen LogP contribution is 2.21. The number of nitrogens with zero attached hydrogens (tertiary/aromatic N) is 1. The van der Waals surface area contributed by atoms with E-state index in [1.807, 2.05) is 4.90 Å². The van der Waals surface area contributed by atoms with Gasteiger partial charge in [0, 0.05) is 25.6 Å². The van der Waals surface area contributed by atoms with Gasteiger partial charge in [0.15, 0.2) is 0 Å². The molecule has 0 saturated heterocycles. The summed E-state index contributed by atoms with van der Waals surface area (Å²) in [6.45, 7) is 8.06. The Kier molecular flexibility index (Phi) is 4.54. The number of carbonyl (C=O) groups excluding carboxylic acids is 1.